The summed E-state index contributed by atoms with van der Waals surface area (Å²) in [6.45, 7) is 8.08. The smallest absolute Gasteiger partial charge is 0.326 e. The summed E-state index contributed by atoms with van der Waals surface area (Å²) in [6, 6.07) is -0.845. The Kier molecular flexibility index (Phi) is 5.35. The normalized spacial score (nSPS) is 24.4. The third-order valence-corrected chi connectivity index (χ3v) is 3.49. The van der Waals surface area contributed by atoms with Gasteiger partial charge in [0, 0.05) is 13.0 Å². The minimum Gasteiger partial charge on any atom is -0.480 e. The second kappa shape index (κ2) is 6.37. The Morgan fingerprint density at radius 2 is 1.95 bits per heavy atom. The fourth-order valence-electron chi connectivity index (χ4n) is 2.34. The number of carboxylic acids is 1. The molecule has 2 N–H and O–H groups in total. The Balaban J connectivity index is 2.37. The van der Waals surface area contributed by atoms with Crippen LogP contribution in [0.5, 0.6) is 0 Å². The molecule has 5 heteroatoms. The lowest BCUT2D eigenvalue weighted by Gasteiger charge is -2.35. The summed E-state index contributed by atoms with van der Waals surface area (Å²) < 4.78 is 5.44. The van der Waals surface area contributed by atoms with E-state index in [4.69, 9.17) is 9.84 Å². The van der Waals surface area contributed by atoms with Crippen molar-refractivity contribution in [2.24, 2.45) is 11.3 Å². The second-order valence-corrected chi connectivity index (χ2v) is 6.32. The van der Waals surface area contributed by atoms with Crippen LogP contribution in [0.25, 0.3) is 0 Å². The minimum atomic E-state index is -0.985. The first-order valence-corrected chi connectivity index (χ1v) is 6.87. The summed E-state index contributed by atoms with van der Waals surface area (Å²) in [4.78, 5) is 23.0. The number of carbonyl (C=O) groups excluding carboxylic acids is 1. The van der Waals surface area contributed by atoms with Gasteiger partial charge in [-0.25, -0.2) is 4.79 Å². The van der Waals surface area contributed by atoms with Crippen molar-refractivity contribution in [2.45, 2.75) is 59.1 Å². The maximum Gasteiger partial charge on any atom is 0.326 e. The quantitative estimate of drug-likeness (QED) is 0.772. The molecule has 0 saturated heterocycles. The first-order valence-electron chi connectivity index (χ1n) is 6.87. The first kappa shape index (κ1) is 16.0. The van der Waals surface area contributed by atoms with Crippen LogP contribution < -0.4 is 5.32 Å². The van der Waals surface area contributed by atoms with E-state index in [1.165, 1.54) is 0 Å². The molecule has 1 amide bonds. The predicted molar refractivity (Wildman–Crippen MR) is 71.8 cm³/mol. The van der Waals surface area contributed by atoms with Gasteiger partial charge < -0.3 is 15.2 Å². The number of nitrogens with one attached hydrogen (secondary N) is 1. The van der Waals surface area contributed by atoms with Gasteiger partial charge in [-0.1, -0.05) is 20.8 Å². The number of carboxylic acid groups (broad SMARTS) is 1. The highest BCUT2D eigenvalue weighted by molar-refractivity contribution is 5.84. The van der Waals surface area contributed by atoms with E-state index in [0.29, 0.717) is 18.9 Å². The van der Waals surface area contributed by atoms with Gasteiger partial charge in [-0.05, 0) is 31.1 Å². The standard InChI is InChI=1S/C14H25NO4/c1-5-19-10-6-9(7-10)8-11(16)15-12(13(17)18)14(2,3)4/h9-10,12H,5-8H2,1-4H3,(H,15,16)(H,17,18)/t9?,10?,12-/m1/s1. The zero-order chi connectivity index (χ0) is 14.6. The lowest BCUT2D eigenvalue weighted by atomic mass is 9.79. The fourth-order valence-corrected chi connectivity index (χ4v) is 2.34. The van der Waals surface area contributed by atoms with Crippen molar-refractivity contribution >= 4 is 11.9 Å². The molecule has 110 valence electrons. The van der Waals surface area contributed by atoms with Crippen molar-refractivity contribution in [1.29, 1.82) is 0 Å². The van der Waals surface area contributed by atoms with Crippen molar-refractivity contribution in [1.82, 2.24) is 5.32 Å². The van der Waals surface area contributed by atoms with E-state index in [1.807, 2.05) is 6.92 Å². The molecule has 1 aliphatic rings. The van der Waals surface area contributed by atoms with Gasteiger partial charge in [0.25, 0.3) is 0 Å². The molecule has 0 bridgehead atoms. The molecule has 0 spiro atoms. The van der Waals surface area contributed by atoms with Crippen LogP contribution in [0.1, 0.15) is 47.0 Å². The highest BCUT2D eigenvalue weighted by atomic mass is 16.5. The summed E-state index contributed by atoms with van der Waals surface area (Å²) in [7, 11) is 0. The number of amides is 1. The number of carbonyl (C=O) groups is 2. The van der Waals surface area contributed by atoms with E-state index < -0.39 is 17.4 Å². The van der Waals surface area contributed by atoms with Gasteiger partial charge >= 0.3 is 5.97 Å². The average molecular weight is 271 g/mol. The zero-order valence-electron chi connectivity index (χ0n) is 12.2. The molecule has 1 aliphatic carbocycles. The van der Waals surface area contributed by atoms with Crippen LogP contribution in [0, 0.1) is 11.3 Å². The summed E-state index contributed by atoms with van der Waals surface area (Å²) in [5, 5.41) is 11.8. The van der Waals surface area contributed by atoms with Gasteiger partial charge in [-0.3, -0.25) is 4.79 Å². The highest BCUT2D eigenvalue weighted by Gasteiger charge is 2.35. The maximum absolute atomic E-state index is 11.9. The molecule has 0 aromatic rings. The monoisotopic (exact) mass is 271 g/mol. The van der Waals surface area contributed by atoms with Crippen molar-refractivity contribution in [3.63, 3.8) is 0 Å². The number of hydrogen-bond donors (Lipinski definition) is 2. The van der Waals surface area contributed by atoms with Crippen LogP contribution in [0.2, 0.25) is 0 Å². The Morgan fingerprint density at radius 1 is 1.37 bits per heavy atom. The molecule has 1 fully saturated rings. The van der Waals surface area contributed by atoms with Gasteiger partial charge in [0.1, 0.15) is 6.04 Å². The van der Waals surface area contributed by atoms with E-state index >= 15 is 0 Å². The maximum atomic E-state index is 11.9. The summed E-state index contributed by atoms with van der Waals surface area (Å²) in [5.41, 5.74) is -0.491. The SMILES string of the molecule is CCOC1CC(CC(=O)N[C@H](C(=O)O)C(C)(C)C)C1. The van der Waals surface area contributed by atoms with Crippen LogP contribution in [0.15, 0.2) is 0 Å². The van der Waals surface area contributed by atoms with Crippen molar-refractivity contribution in [2.75, 3.05) is 6.61 Å². The molecule has 0 radical (unpaired) electrons. The third kappa shape index (κ3) is 4.82. The molecule has 0 aromatic heterocycles. The number of rotatable bonds is 6. The van der Waals surface area contributed by atoms with Crippen molar-refractivity contribution in [3.8, 4) is 0 Å². The van der Waals surface area contributed by atoms with Gasteiger partial charge in [0.15, 0.2) is 0 Å². The summed E-state index contributed by atoms with van der Waals surface area (Å²) in [5.74, 6) is -0.838. The molecule has 0 unspecified atom stereocenters. The topological polar surface area (TPSA) is 75.6 Å². The minimum absolute atomic E-state index is 0.178. The molecular formula is C14H25NO4. The van der Waals surface area contributed by atoms with Crippen LogP contribution in [0.3, 0.4) is 0 Å². The van der Waals surface area contributed by atoms with Crippen LogP contribution in [0.4, 0.5) is 0 Å². The summed E-state index contributed by atoms with van der Waals surface area (Å²) in [6.07, 6.45) is 2.47. The fraction of sp³-hybridized carbons (Fsp3) is 0.857. The van der Waals surface area contributed by atoms with Crippen molar-refractivity contribution in [3.05, 3.63) is 0 Å². The molecule has 1 saturated carbocycles. The van der Waals surface area contributed by atoms with E-state index in [0.717, 1.165) is 12.8 Å². The predicted octanol–water partition coefficient (Wildman–Crippen LogP) is 1.81. The molecule has 0 aliphatic heterocycles. The van der Waals surface area contributed by atoms with Crippen molar-refractivity contribution < 1.29 is 19.4 Å². The molecule has 1 rings (SSSR count). The second-order valence-electron chi connectivity index (χ2n) is 6.32. The van der Waals surface area contributed by atoms with E-state index in [-0.39, 0.29) is 12.0 Å². The molecule has 5 nitrogen and oxygen atoms in total. The van der Waals surface area contributed by atoms with Crippen LogP contribution in [-0.2, 0) is 14.3 Å². The van der Waals surface area contributed by atoms with E-state index in [1.54, 1.807) is 20.8 Å². The van der Waals surface area contributed by atoms with Gasteiger partial charge in [0.05, 0.1) is 6.10 Å². The number of aliphatic carboxylic acids is 1. The van der Waals surface area contributed by atoms with Crippen LogP contribution >= 0.6 is 0 Å². The Morgan fingerprint density at radius 3 is 2.37 bits per heavy atom. The Bertz CT molecular complexity index is 329. The molecule has 19 heavy (non-hydrogen) atoms. The van der Waals surface area contributed by atoms with Gasteiger partial charge in [0.2, 0.25) is 5.91 Å². The summed E-state index contributed by atoms with van der Waals surface area (Å²) >= 11 is 0. The lowest BCUT2D eigenvalue weighted by Crippen LogP contribution is -2.50. The first-order chi connectivity index (χ1) is 8.74. The van der Waals surface area contributed by atoms with Crippen LogP contribution in [-0.4, -0.2) is 35.7 Å². The largest absolute Gasteiger partial charge is 0.480 e. The molecular weight excluding hydrogens is 246 g/mol. The molecule has 0 heterocycles. The van der Waals surface area contributed by atoms with Gasteiger partial charge in [-0.15, -0.1) is 0 Å². The van der Waals surface area contributed by atoms with E-state index in [2.05, 4.69) is 5.32 Å². The van der Waals surface area contributed by atoms with Gasteiger partial charge in [-0.2, -0.15) is 0 Å². The average Bonchev–Trinajstić information content (AvgIpc) is 2.21. The third-order valence-electron chi connectivity index (χ3n) is 3.49. The molecule has 0 aromatic carbocycles. The highest BCUT2D eigenvalue weighted by Crippen LogP contribution is 2.32. The Labute approximate surface area is 114 Å². The number of hydrogen-bond acceptors (Lipinski definition) is 3. The Hall–Kier alpha value is -1.10. The molecule has 1 atom stereocenters. The van der Waals surface area contributed by atoms with E-state index in [9.17, 15) is 9.59 Å². The lowest BCUT2D eigenvalue weighted by molar-refractivity contribution is -0.145. The number of ether oxygens (including phenoxy) is 1. The zero-order valence-corrected chi connectivity index (χ0v) is 12.2.